The number of hydrogen-bond acceptors (Lipinski definition) is 2. The van der Waals surface area contributed by atoms with Crippen molar-refractivity contribution >= 4 is 17.3 Å². The zero-order valence-electron chi connectivity index (χ0n) is 12.5. The molecule has 1 aromatic rings. The van der Waals surface area contributed by atoms with Crippen molar-refractivity contribution in [3.63, 3.8) is 0 Å². The maximum Gasteiger partial charge on any atom is 0.226 e. The molecule has 0 bridgehead atoms. The van der Waals surface area contributed by atoms with Gasteiger partial charge in [0.05, 0.1) is 0 Å². The van der Waals surface area contributed by atoms with Gasteiger partial charge in [0.15, 0.2) is 0 Å². The van der Waals surface area contributed by atoms with Crippen molar-refractivity contribution in [2.75, 3.05) is 17.2 Å². The molecule has 1 aromatic carbocycles. The van der Waals surface area contributed by atoms with Crippen molar-refractivity contribution in [2.24, 2.45) is 0 Å². The predicted octanol–water partition coefficient (Wildman–Crippen LogP) is 3.91. The molecule has 3 nitrogen and oxygen atoms in total. The molecular formula is C17H26N2O. The molecule has 20 heavy (non-hydrogen) atoms. The molecule has 0 atom stereocenters. The van der Waals surface area contributed by atoms with E-state index in [2.05, 4.69) is 6.92 Å². The topological polar surface area (TPSA) is 46.3 Å². The second kappa shape index (κ2) is 7.32. The van der Waals surface area contributed by atoms with Crippen LogP contribution in [0.1, 0.15) is 57.4 Å². The SMILES string of the molecule is CCCCCCCCC(=O)N1CCc2cc(N)ccc21. The molecule has 0 fully saturated rings. The number of nitrogens with zero attached hydrogens (tertiary/aromatic N) is 1. The van der Waals surface area contributed by atoms with Gasteiger partial charge in [-0.15, -0.1) is 0 Å². The lowest BCUT2D eigenvalue weighted by Gasteiger charge is -2.17. The summed E-state index contributed by atoms with van der Waals surface area (Å²) in [5.74, 6) is 0.268. The maximum atomic E-state index is 12.3. The van der Waals surface area contributed by atoms with Crippen molar-refractivity contribution in [3.05, 3.63) is 23.8 Å². The van der Waals surface area contributed by atoms with Crippen LogP contribution < -0.4 is 10.6 Å². The van der Waals surface area contributed by atoms with Gasteiger partial charge in [-0.1, -0.05) is 39.0 Å². The molecule has 110 valence electrons. The zero-order chi connectivity index (χ0) is 14.4. The number of carbonyl (C=O) groups excluding carboxylic acids is 1. The molecular weight excluding hydrogens is 248 g/mol. The third-order valence-corrected chi connectivity index (χ3v) is 4.04. The largest absolute Gasteiger partial charge is 0.399 e. The number of nitrogen functional groups attached to an aromatic ring is 1. The van der Waals surface area contributed by atoms with Crippen molar-refractivity contribution in [1.29, 1.82) is 0 Å². The fourth-order valence-corrected chi connectivity index (χ4v) is 2.87. The first-order valence-electron chi connectivity index (χ1n) is 7.91. The Labute approximate surface area is 122 Å². The van der Waals surface area contributed by atoms with Gasteiger partial charge in [0.2, 0.25) is 5.91 Å². The lowest BCUT2D eigenvalue weighted by Crippen LogP contribution is -2.28. The molecule has 0 saturated carbocycles. The van der Waals surface area contributed by atoms with E-state index in [4.69, 9.17) is 5.73 Å². The Kier molecular flexibility index (Phi) is 5.45. The van der Waals surface area contributed by atoms with Crippen molar-refractivity contribution in [3.8, 4) is 0 Å². The van der Waals surface area contributed by atoms with Crippen molar-refractivity contribution in [1.82, 2.24) is 0 Å². The Hall–Kier alpha value is -1.51. The van der Waals surface area contributed by atoms with E-state index in [1.807, 2.05) is 23.1 Å². The Bertz CT molecular complexity index is 456. The third kappa shape index (κ3) is 3.75. The van der Waals surface area contributed by atoms with Crippen LogP contribution in [0.2, 0.25) is 0 Å². The molecule has 0 unspecified atom stereocenters. The van der Waals surface area contributed by atoms with E-state index >= 15 is 0 Å². The minimum atomic E-state index is 0.268. The molecule has 0 aromatic heterocycles. The Balaban J connectivity index is 1.78. The number of amides is 1. The highest BCUT2D eigenvalue weighted by Gasteiger charge is 2.23. The van der Waals surface area contributed by atoms with Gasteiger partial charge in [-0.25, -0.2) is 0 Å². The number of hydrogen-bond donors (Lipinski definition) is 1. The van der Waals surface area contributed by atoms with Gasteiger partial charge in [0.1, 0.15) is 0 Å². The number of rotatable bonds is 7. The number of benzene rings is 1. The fourth-order valence-electron chi connectivity index (χ4n) is 2.87. The first-order valence-corrected chi connectivity index (χ1v) is 7.91. The average Bonchev–Trinajstić information content (AvgIpc) is 2.85. The molecule has 0 spiro atoms. The van der Waals surface area contributed by atoms with E-state index in [0.717, 1.165) is 30.8 Å². The van der Waals surface area contributed by atoms with E-state index in [9.17, 15) is 4.79 Å². The van der Waals surface area contributed by atoms with Gasteiger partial charge in [-0.2, -0.15) is 0 Å². The summed E-state index contributed by atoms with van der Waals surface area (Å²) in [6.45, 7) is 3.04. The standard InChI is InChI=1S/C17H26N2O/c1-2-3-4-5-6-7-8-17(20)19-12-11-14-13-15(18)9-10-16(14)19/h9-10,13H,2-8,11-12,18H2,1H3. The Morgan fingerprint density at radius 2 is 1.95 bits per heavy atom. The number of unbranched alkanes of at least 4 members (excludes halogenated alkanes) is 5. The van der Waals surface area contributed by atoms with E-state index < -0.39 is 0 Å². The van der Waals surface area contributed by atoms with Crippen LogP contribution in [0.5, 0.6) is 0 Å². The molecule has 0 saturated heterocycles. The van der Waals surface area contributed by atoms with Crippen molar-refractivity contribution in [2.45, 2.75) is 58.3 Å². The second-order valence-corrected chi connectivity index (χ2v) is 5.70. The highest BCUT2D eigenvalue weighted by Crippen LogP contribution is 2.30. The minimum Gasteiger partial charge on any atom is -0.399 e. The second-order valence-electron chi connectivity index (χ2n) is 5.70. The van der Waals surface area contributed by atoms with Crippen LogP contribution in [0.15, 0.2) is 18.2 Å². The summed E-state index contributed by atoms with van der Waals surface area (Å²) >= 11 is 0. The first kappa shape index (κ1) is 14.9. The Morgan fingerprint density at radius 3 is 2.75 bits per heavy atom. The lowest BCUT2D eigenvalue weighted by molar-refractivity contribution is -0.118. The van der Waals surface area contributed by atoms with Crippen LogP contribution in [0.3, 0.4) is 0 Å². The fraction of sp³-hybridized carbons (Fsp3) is 0.588. The predicted molar refractivity (Wildman–Crippen MR) is 84.9 cm³/mol. The summed E-state index contributed by atoms with van der Waals surface area (Å²) in [5, 5.41) is 0. The summed E-state index contributed by atoms with van der Waals surface area (Å²) in [6.07, 6.45) is 8.95. The van der Waals surface area contributed by atoms with Gasteiger partial charge in [-0.05, 0) is 36.6 Å². The van der Waals surface area contributed by atoms with Crippen LogP contribution >= 0.6 is 0 Å². The molecule has 0 aliphatic carbocycles. The molecule has 0 radical (unpaired) electrons. The summed E-state index contributed by atoms with van der Waals surface area (Å²) in [4.78, 5) is 14.2. The summed E-state index contributed by atoms with van der Waals surface area (Å²) < 4.78 is 0. The Morgan fingerprint density at radius 1 is 1.20 bits per heavy atom. The molecule has 1 heterocycles. The normalized spacial score (nSPS) is 13.6. The average molecular weight is 274 g/mol. The van der Waals surface area contributed by atoms with Gasteiger partial charge in [0, 0.05) is 24.3 Å². The molecule has 1 aliphatic heterocycles. The highest BCUT2D eigenvalue weighted by atomic mass is 16.2. The number of carbonyl (C=O) groups is 1. The van der Waals surface area contributed by atoms with Gasteiger partial charge < -0.3 is 10.6 Å². The van der Waals surface area contributed by atoms with Crippen molar-refractivity contribution < 1.29 is 4.79 Å². The molecule has 2 N–H and O–H groups in total. The lowest BCUT2D eigenvalue weighted by atomic mass is 10.1. The maximum absolute atomic E-state index is 12.3. The van der Waals surface area contributed by atoms with Gasteiger partial charge in [0.25, 0.3) is 0 Å². The smallest absolute Gasteiger partial charge is 0.226 e. The van der Waals surface area contributed by atoms with E-state index in [1.54, 1.807) is 0 Å². The van der Waals surface area contributed by atoms with Crippen LogP contribution in [0.4, 0.5) is 11.4 Å². The van der Waals surface area contributed by atoms with E-state index in [-0.39, 0.29) is 5.91 Å². The number of fused-ring (bicyclic) bond motifs is 1. The highest BCUT2D eigenvalue weighted by molar-refractivity contribution is 5.95. The third-order valence-electron chi connectivity index (χ3n) is 4.04. The van der Waals surface area contributed by atoms with Gasteiger partial charge in [-0.3, -0.25) is 4.79 Å². The quantitative estimate of drug-likeness (QED) is 0.605. The van der Waals surface area contributed by atoms with E-state index in [1.165, 1.54) is 37.7 Å². The number of nitrogens with two attached hydrogens (primary N) is 1. The number of anilines is 2. The van der Waals surface area contributed by atoms with E-state index in [0.29, 0.717) is 6.42 Å². The molecule has 3 heteroatoms. The summed E-state index contributed by atoms with van der Waals surface area (Å²) in [6, 6.07) is 5.86. The van der Waals surface area contributed by atoms with Crippen LogP contribution in [-0.2, 0) is 11.2 Å². The molecule has 1 aliphatic rings. The summed E-state index contributed by atoms with van der Waals surface area (Å²) in [5.41, 5.74) is 8.85. The molecule has 1 amide bonds. The zero-order valence-corrected chi connectivity index (χ0v) is 12.5. The van der Waals surface area contributed by atoms with Crippen LogP contribution in [0, 0.1) is 0 Å². The van der Waals surface area contributed by atoms with Crippen LogP contribution in [-0.4, -0.2) is 12.5 Å². The monoisotopic (exact) mass is 274 g/mol. The summed E-state index contributed by atoms with van der Waals surface area (Å²) in [7, 11) is 0. The van der Waals surface area contributed by atoms with Crippen LogP contribution in [0.25, 0.3) is 0 Å². The molecule has 2 rings (SSSR count). The minimum absolute atomic E-state index is 0.268. The first-order chi connectivity index (χ1) is 9.72. The van der Waals surface area contributed by atoms with Gasteiger partial charge >= 0.3 is 0 Å².